The molecule has 0 spiro atoms. The number of rotatable bonds is 6. The molecule has 0 saturated heterocycles. The topological polar surface area (TPSA) is 71.2 Å². The Kier molecular flexibility index (Phi) is 4.98. The summed E-state index contributed by atoms with van der Waals surface area (Å²) in [6.45, 7) is 2.67. The molecule has 112 valence electrons. The van der Waals surface area contributed by atoms with E-state index in [1.54, 1.807) is 13.2 Å². The molecule has 0 atom stereocenters. The van der Waals surface area contributed by atoms with E-state index in [1.165, 1.54) is 0 Å². The second-order valence-corrected chi connectivity index (χ2v) is 4.93. The largest absolute Gasteiger partial charge is 0.497 e. The molecule has 0 aliphatic rings. The minimum atomic E-state index is -0.143. The molecule has 21 heavy (non-hydrogen) atoms. The van der Waals surface area contributed by atoms with Crippen LogP contribution in [0.15, 0.2) is 29.1 Å². The summed E-state index contributed by atoms with van der Waals surface area (Å²) in [6.07, 6.45) is 1.65. The number of pyridine rings is 1. The number of amides is 1. The molecule has 2 rings (SSSR count). The minimum absolute atomic E-state index is 0.0259. The van der Waals surface area contributed by atoms with Crippen LogP contribution in [0, 0.1) is 0 Å². The molecule has 1 heterocycles. The zero-order chi connectivity index (χ0) is 15.2. The van der Waals surface area contributed by atoms with Gasteiger partial charge in [0.2, 0.25) is 5.91 Å². The predicted molar refractivity (Wildman–Crippen MR) is 82.7 cm³/mol. The van der Waals surface area contributed by atoms with Gasteiger partial charge in [0.1, 0.15) is 5.75 Å². The number of ether oxygens (including phenoxy) is 1. The van der Waals surface area contributed by atoms with Crippen molar-refractivity contribution in [3.63, 3.8) is 0 Å². The van der Waals surface area contributed by atoms with Crippen molar-refractivity contribution in [3.05, 3.63) is 40.2 Å². The van der Waals surface area contributed by atoms with Crippen molar-refractivity contribution in [2.24, 2.45) is 0 Å². The molecule has 0 saturated carbocycles. The highest BCUT2D eigenvalue weighted by atomic mass is 16.5. The molecule has 0 bridgehead atoms. The van der Waals surface area contributed by atoms with Gasteiger partial charge < -0.3 is 15.0 Å². The number of hydrogen-bond donors (Lipinski definition) is 2. The maximum atomic E-state index is 12.0. The van der Waals surface area contributed by atoms with Gasteiger partial charge >= 0.3 is 0 Å². The summed E-state index contributed by atoms with van der Waals surface area (Å²) >= 11 is 0. The molecule has 0 fully saturated rings. The van der Waals surface area contributed by atoms with Gasteiger partial charge in [-0.15, -0.1) is 0 Å². The van der Waals surface area contributed by atoms with E-state index in [0.29, 0.717) is 24.9 Å². The number of fused-ring (bicyclic) bond motifs is 1. The highest BCUT2D eigenvalue weighted by molar-refractivity contribution is 5.81. The van der Waals surface area contributed by atoms with E-state index < -0.39 is 0 Å². The molecule has 0 aliphatic heterocycles. The van der Waals surface area contributed by atoms with Gasteiger partial charge in [0, 0.05) is 29.4 Å². The summed E-state index contributed by atoms with van der Waals surface area (Å²) in [5.41, 5.74) is 1.23. The Morgan fingerprint density at radius 3 is 2.86 bits per heavy atom. The minimum Gasteiger partial charge on any atom is -0.497 e. The van der Waals surface area contributed by atoms with E-state index in [1.807, 2.05) is 25.1 Å². The lowest BCUT2D eigenvalue weighted by Gasteiger charge is -2.06. The molecule has 5 heteroatoms. The monoisotopic (exact) mass is 288 g/mol. The third-order valence-corrected chi connectivity index (χ3v) is 3.32. The van der Waals surface area contributed by atoms with Gasteiger partial charge in [0.05, 0.1) is 7.11 Å². The lowest BCUT2D eigenvalue weighted by atomic mass is 10.1. The number of H-pyrrole nitrogens is 1. The molecule has 1 amide bonds. The van der Waals surface area contributed by atoms with Gasteiger partial charge in [-0.1, -0.05) is 6.92 Å². The molecule has 1 aromatic carbocycles. The van der Waals surface area contributed by atoms with Crippen LogP contribution in [0.5, 0.6) is 5.75 Å². The van der Waals surface area contributed by atoms with Gasteiger partial charge in [0.25, 0.3) is 5.56 Å². The van der Waals surface area contributed by atoms with Crippen molar-refractivity contribution in [3.8, 4) is 5.75 Å². The van der Waals surface area contributed by atoms with Crippen molar-refractivity contribution < 1.29 is 9.53 Å². The highest BCUT2D eigenvalue weighted by Gasteiger charge is 2.07. The van der Waals surface area contributed by atoms with Crippen LogP contribution in [0.25, 0.3) is 10.9 Å². The maximum absolute atomic E-state index is 12.0. The van der Waals surface area contributed by atoms with E-state index in [0.717, 1.165) is 23.1 Å². The summed E-state index contributed by atoms with van der Waals surface area (Å²) in [5, 5.41) is 3.71. The van der Waals surface area contributed by atoms with E-state index in [-0.39, 0.29) is 11.5 Å². The fourth-order valence-electron chi connectivity index (χ4n) is 2.14. The van der Waals surface area contributed by atoms with Crippen LogP contribution in [0.3, 0.4) is 0 Å². The summed E-state index contributed by atoms with van der Waals surface area (Å²) < 4.78 is 5.18. The van der Waals surface area contributed by atoms with Crippen LogP contribution in [0.2, 0.25) is 0 Å². The zero-order valence-electron chi connectivity index (χ0n) is 12.4. The van der Waals surface area contributed by atoms with Crippen LogP contribution >= 0.6 is 0 Å². The van der Waals surface area contributed by atoms with E-state index >= 15 is 0 Å². The molecule has 0 unspecified atom stereocenters. The predicted octanol–water partition coefficient (Wildman–Crippen LogP) is 2.00. The number of benzene rings is 1. The number of aryl methyl sites for hydroxylation is 1. The second kappa shape index (κ2) is 6.92. The van der Waals surface area contributed by atoms with Crippen LogP contribution < -0.4 is 15.6 Å². The normalized spacial score (nSPS) is 10.6. The van der Waals surface area contributed by atoms with Crippen LogP contribution in [0.4, 0.5) is 0 Å². The third-order valence-electron chi connectivity index (χ3n) is 3.32. The quantitative estimate of drug-likeness (QED) is 0.854. The first-order chi connectivity index (χ1) is 10.1. The molecule has 0 aliphatic carbocycles. The van der Waals surface area contributed by atoms with Crippen LogP contribution in [-0.2, 0) is 11.2 Å². The Bertz CT molecular complexity index is 691. The number of carbonyl (C=O) groups excluding carboxylic acids is 1. The SMILES string of the molecule is CCCNC(=O)CCc1cc2cc(OC)ccc2[nH]c1=O. The molecular formula is C16H20N2O3. The van der Waals surface area contributed by atoms with Crippen molar-refractivity contribution >= 4 is 16.8 Å². The molecule has 2 aromatic rings. The lowest BCUT2D eigenvalue weighted by Crippen LogP contribution is -2.25. The number of hydrogen-bond acceptors (Lipinski definition) is 3. The maximum Gasteiger partial charge on any atom is 0.251 e. The first-order valence-electron chi connectivity index (χ1n) is 7.10. The zero-order valence-corrected chi connectivity index (χ0v) is 12.4. The number of aromatic amines is 1. The smallest absolute Gasteiger partial charge is 0.251 e. The van der Waals surface area contributed by atoms with Gasteiger partial charge in [0.15, 0.2) is 0 Å². The molecule has 1 aromatic heterocycles. The van der Waals surface area contributed by atoms with Gasteiger partial charge in [-0.3, -0.25) is 9.59 Å². The first kappa shape index (κ1) is 15.1. The standard InChI is InChI=1S/C16H20N2O3/c1-3-8-17-15(19)7-4-11-9-12-10-13(21-2)5-6-14(12)18-16(11)20/h5-6,9-10H,3-4,7-8H2,1-2H3,(H,17,19)(H,18,20). The third kappa shape index (κ3) is 3.84. The van der Waals surface area contributed by atoms with Crippen LogP contribution in [-0.4, -0.2) is 24.5 Å². The average Bonchev–Trinajstić information content (AvgIpc) is 2.50. The van der Waals surface area contributed by atoms with Crippen molar-refractivity contribution in [2.45, 2.75) is 26.2 Å². The van der Waals surface area contributed by atoms with Gasteiger partial charge in [-0.05, 0) is 37.1 Å². The number of carbonyl (C=O) groups is 1. The number of methoxy groups -OCH3 is 1. The number of nitrogens with one attached hydrogen (secondary N) is 2. The Morgan fingerprint density at radius 1 is 1.33 bits per heavy atom. The van der Waals surface area contributed by atoms with E-state index in [2.05, 4.69) is 10.3 Å². The fraction of sp³-hybridized carbons (Fsp3) is 0.375. The van der Waals surface area contributed by atoms with E-state index in [4.69, 9.17) is 4.74 Å². The second-order valence-electron chi connectivity index (χ2n) is 4.93. The summed E-state index contributed by atoms with van der Waals surface area (Å²) in [5.74, 6) is 0.711. The van der Waals surface area contributed by atoms with Crippen molar-refractivity contribution in [2.75, 3.05) is 13.7 Å². The van der Waals surface area contributed by atoms with Gasteiger partial charge in [-0.25, -0.2) is 0 Å². The lowest BCUT2D eigenvalue weighted by molar-refractivity contribution is -0.121. The summed E-state index contributed by atoms with van der Waals surface area (Å²) in [4.78, 5) is 26.4. The van der Waals surface area contributed by atoms with Crippen molar-refractivity contribution in [1.29, 1.82) is 0 Å². The molecule has 2 N–H and O–H groups in total. The molecule has 5 nitrogen and oxygen atoms in total. The van der Waals surface area contributed by atoms with Crippen molar-refractivity contribution in [1.82, 2.24) is 10.3 Å². The van der Waals surface area contributed by atoms with Gasteiger partial charge in [-0.2, -0.15) is 0 Å². The Morgan fingerprint density at radius 2 is 2.14 bits per heavy atom. The molecule has 0 radical (unpaired) electrons. The number of aromatic nitrogens is 1. The summed E-state index contributed by atoms with van der Waals surface area (Å²) in [6, 6.07) is 7.30. The Balaban J connectivity index is 2.17. The fourth-order valence-corrected chi connectivity index (χ4v) is 2.14. The Hall–Kier alpha value is -2.30. The Labute approximate surface area is 123 Å². The first-order valence-corrected chi connectivity index (χ1v) is 7.10. The molecular weight excluding hydrogens is 268 g/mol. The summed E-state index contributed by atoms with van der Waals surface area (Å²) in [7, 11) is 1.60. The van der Waals surface area contributed by atoms with Crippen LogP contribution in [0.1, 0.15) is 25.3 Å². The average molecular weight is 288 g/mol. The highest BCUT2D eigenvalue weighted by Crippen LogP contribution is 2.19. The van der Waals surface area contributed by atoms with E-state index in [9.17, 15) is 9.59 Å².